The van der Waals surface area contributed by atoms with Gasteiger partial charge in [-0.3, -0.25) is 4.79 Å². The fourth-order valence-corrected chi connectivity index (χ4v) is 1.67. The van der Waals surface area contributed by atoms with Gasteiger partial charge in [0.05, 0.1) is 5.69 Å². The number of carbonyl (C=O) groups is 1. The molecule has 0 aliphatic heterocycles. The molecule has 5 nitrogen and oxygen atoms in total. The lowest BCUT2D eigenvalue weighted by Crippen LogP contribution is -2.26. The Morgan fingerprint density at radius 1 is 1.50 bits per heavy atom. The van der Waals surface area contributed by atoms with E-state index in [9.17, 15) is 4.79 Å². The molecule has 1 rings (SSSR count). The Morgan fingerprint density at radius 2 is 2.22 bits per heavy atom. The molecule has 0 atom stereocenters. The van der Waals surface area contributed by atoms with Crippen LogP contribution in [0.5, 0.6) is 0 Å². The van der Waals surface area contributed by atoms with Crippen molar-refractivity contribution in [3.63, 3.8) is 0 Å². The van der Waals surface area contributed by atoms with Gasteiger partial charge in [0.15, 0.2) is 5.76 Å². The summed E-state index contributed by atoms with van der Waals surface area (Å²) in [6.45, 7) is 9.66. The van der Waals surface area contributed by atoms with Crippen LogP contribution in [0.2, 0.25) is 0 Å². The highest BCUT2D eigenvalue weighted by Gasteiger charge is 2.21. The first kappa shape index (κ1) is 14.7. The van der Waals surface area contributed by atoms with Gasteiger partial charge in [0.2, 0.25) is 0 Å². The van der Waals surface area contributed by atoms with Crippen molar-refractivity contribution in [3.8, 4) is 0 Å². The van der Waals surface area contributed by atoms with Crippen LogP contribution in [0.3, 0.4) is 0 Å². The highest BCUT2D eigenvalue weighted by molar-refractivity contribution is 5.96. The van der Waals surface area contributed by atoms with E-state index in [-0.39, 0.29) is 11.8 Å². The highest BCUT2D eigenvalue weighted by Crippen LogP contribution is 2.21. The molecule has 18 heavy (non-hydrogen) atoms. The van der Waals surface area contributed by atoms with E-state index in [0.29, 0.717) is 36.8 Å². The molecule has 102 valence electrons. The minimum Gasteiger partial charge on any atom is -0.382 e. The Labute approximate surface area is 108 Å². The third kappa shape index (κ3) is 3.84. The van der Waals surface area contributed by atoms with E-state index in [1.165, 1.54) is 0 Å². The third-order valence-electron chi connectivity index (χ3n) is 2.60. The second-order valence-corrected chi connectivity index (χ2v) is 4.47. The standard InChI is InChI=1S/C13H22N2O3/c1-5-17-8-6-7-14-13(16)11-10(4)15-18-12(11)9(2)3/h9H,5-8H2,1-4H3,(H,14,16). The van der Waals surface area contributed by atoms with Crippen LogP contribution in [0.25, 0.3) is 0 Å². The number of nitrogens with one attached hydrogen (secondary N) is 1. The zero-order chi connectivity index (χ0) is 13.5. The molecule has 5 heteroatoms. The van der Waals surface area contributed by atoms with Gasteiger partial charge in [-0.25, -0.2) is 0 Å². The second-order valence-electron chi connectivity index (χ2n) is 4.47. The third-order valence-corrected chi connectivity index (χ3v) is 2.60. The van der Waals surface area contributed by atoms with Crippen LogP contribution in [0.4, 0.5) is 0 Å². The number of carbonyl (C=O) groups excluding carboxylic acids is 1. The van der Waals surface area contributed by atoms with Crippen molar-refractivity contribution in [2.24, 2.45) is 0 Å². The van der Waals surface area contributed by atoms with E-state index in [4.69, 9.17) is 9.26 Å². The predicted molar refractivity (Wildman–Crippen MR) is 68.8 cm³/mol. The maximum absolute atomic E-state index is 12.0. The molecule has 1 aromatic heterocycles. The van der Waals surface area contributed by atoms with E-state index in [1.54, 1.807) is 6.92 Å². The van der Waals surface area contributed by atoms with Gasteiger partial charge in [-0.2, -0.15) is 0 Å². The van der Waals surface area contributed by atoms with Crippen molar-refractivity contribution >= 4 is 5.91 Å². The first-order chi connectivity index (χ1) is 8.57. The van der Waals surface area contributed by atoms with E-state index in [0.717, 1.165) is 6.42 Å². The number of hydrogen-bond donors (Lipinski definition) is 1. The summed E-state index contributed by atoms with van der Waals surface area (Å²) in [5, 5.41) is 6.72. The number of amides is 1. The van der Waals surface area contributed by atoms with Crippen molar-refractivity contribution in [3.05, 3.63) is 17.0 Å². The summed E-state index contributed by atoms with van der Waals surface area (Å²) in [6, 6.07) is 0. The number of hydrogen-bond acceptors (Lipinski definition) is 4. The molecule has 0 spiro atoms. The second kappa shape index (κ2) is 7.16. The van der Waals surface area contributed by atoms with Crippen LogP contribution in [0, 0.1) is 6.92 Å². The zero-order valence-electron chi connectivity index (χ0n) is 11.6. The molecule has 0 aliphatic carbocycles. The minimum atomic E-state index is -0.117. The smallest absolute Gasteiger partial charge is 0.256 e. The Morgan fingerprint density at radius 3 is 2.83 bits per heavy atom. The summed E-state index contributed by atoms with van der Waals surface area (Å²) in [5.74, 6) is 0.680. The molecular weight excluding hydrogens is 232 g/mol. The van der Waals surface area contributed by atoms with Gasteiger partial charge in [-0.05, 0) is 20.3 Å². The van der Waals surface area contributed by atoms with Crippen molar-refractivity contribution in [1.82, 2.24) is 10.5 Å². The SMILES string of the molecule is CCOCCCNC(=O)c1c(C)noc1C(C)C. The first-order valence-corrected chi connectivity index (χ1v) is 6.40. The van der Waals surface area contributed by atoms with Crippen molar-refractivity contribution in [1.29, 1.82) is 0 Å². The predicted octanol–water partition coefficient (Wildman–Crippen LogP) is 2.26. The molecule has 0 fully saturated rings. The van der Waals surface area contributed by atoms with Gasteiger partial charge in [0.1, 0.15) is 5.56 Å². The number of rotatable bonds is 7. The summed E-state index contributed by atoms with van der Waals surface area (Å²) in [7, 11) is 0. The van der Waals surface area contributed by atoms with E-state index in [1.807, 2.05) is 20.8 Å². The average Bonchev–Trinajstić information content (AvgIpc) is 2.71. The monoisotopic (exact) mass is 254 g/mol. The Hall–Kier alpha value is -1.36. The largest absolute Gasteiger partial charge is 0.382 e. The molecule has 0 aliphatic rings. The first-order valence-electron chi connectivity index (χ1n) is 6.40. The van der Waals surface area contributed by atoms with Crippen LogP contribution in [0.1, 0.15) is 54.9 Å². The van der Waals surface area contributed by atoms with Crippen LogP contribution in [-0.2, 0) is 4.74 Å². The zero-order valence-corrected chi connectivity index (χ0v) is 11.6. The molecular formula is C13H22N2O3. The summed E-state index contributed by atoms with van der Waals surface area (Å²) >= 11 is 0. The normalized spacial score (nSPS) is 10.9. The summed E-state index contributed by atoms with van der Waals surface area (Å²) < 4.78 is 10.4. The maximum atomic E-state index is 12.0. The number of ether oxygens (including phenoxy) is 1. The molecule has 0 bridgehead atoms. The molecule has 0 unspecified atom stereocenters. The lowest BCUT2D eigenvalue weighted by atomic mass is 10.0. The van der Waals surface area contributed by atoms with Crippen LogP contribution >= 0.6 is 0 Å². The van der Waals surface area contributed by atoms with Gasteiger partial charge >= 0.3 is 0 Å². The molecule has 0 radical (unpaired) electrons. The Bertz CT molecular complexity index is 386. The van der Waals surface area contributed by atoms with Crippen molar-refractivity contribution in [2.75, 3.05) is 19.8 Å². The van der Waals surface area contributed by atoms with E-state index in [2.05, 4.69) is 10.5 Å². The number of aromatic nitrogens is 1. The number of aryl methyl sites for hydroxylation is 1. The Balaban J connectivity index is 2.53. The Kier molecular flexibility index (Phi) is 5.85. The maximum Gasteiger partial charge on any atom is 0.256 e. The lowest BCUT2D eigenvalue weighted by Gasteiger charge is -2.07. The van der Waals surface area contributed by atoms with Crippen LogP contribution < -0.4 is 5.32 Å². The molecule has 0 aromatic carbocycles. The van der Waals surface area contributed by atoms with Crippen molar-refractivity contribution in [2.45, 2.75) is 40.0 Å². The van der Waals surface area contributed by atoms with Gasteiger partial charge in [0.25, 0.3) is 5.91 Å². The summed E-state index contributed by atoms with van der Waals surface area (Å²) in [6.07, 6.45) is 0.806. The fourth-order valence-electron chi connectivity index (χ4n) is 1.67. The van der Waals surface area contributed by atoms with Gasteiger partial charge < -0.3 is 14.6 Å². The van der Waals surface area contributed by atoms with E-state index >= 15 is 0 Å². The molecule has 1 N–H and O–H groups in total. The molecule has 0 saturated heterocycles. The molecule has 1 amide bonds. The summed E-state index contributed by atoms with van der Waals surface area (Å²) in [4.78, 5) is 12.0. The van der Waals surface area contributed by atoms with Crippen molar-refractivity contribution < 1.29 is 14.1 Å². The fraction of sp³-hybridized carbons (Fsp3) is 0.692. The van der Waals surface area contributed by atoms with Crippen LogP contribution in [-0.4, -0.2) is 30.8 Å². The molecule has 0 saturated carbocycles. The average molecular weight is 254 g/mol. The van der Waals surface area contributed by atoms with Gasteiger partial charge in [-0.1, -0.05) is 19.0 Å². The van der Waals surface area contributed by atoms with Crippen LogP contribution in [0.15, 0.2) is 4.52 Å². The lowest BCUT2D eigenvalue weighted by molar-refractivity contribution is 0.0941. The minimum absolute atomic E-state index is 0.117. The summed E-state index contributed by atoms with van der Waals surface area (Å²) in [5.41, 5.74) is 1.21. The number of nitrogens with zero attached hydrogens (tertiary/aromatic N) is 1. The highest BCUT2D eigenvalue weighted by atomic mass is 16.5. The topological polar surface area (TPSA) is 64.4 Å². The molecule has 1 aromatic rings. The van der Waals surface area contributed by atoms with Gasteiger partial charge in [-0.15, -0.1) is 0 Å². The van der Waals surface area contributed by atoms with Gasteiger partial charge in [0, 0.05) is 25.7 Å². The molecule has 1 heterocycles. The quantitative estimate of drug-likeness (QED) is 0.758. The van der Waals surface area contributed by atoms with E-state index < -0.39 is 0 Å².